The van der Waals surface area contributed by atoms with Crippen LogP contribution < -0.4 is 9.54 Å². The highest BCUT2D eigenvalue weighted by Gasteiger charge is 2.28. The lowest BCUT2D eigenvalue weighted by Crippen LogP contribution is -2.35. The summed E-state index contributed by atoms with van der Waals surface area (Å²) in [6, 6.07) is 19.8. The molecule has 0 fully saturated rings. The average molecular weight is 522 g/mol. The maximum absolute atomic E-state index is 13.2. The van der Waals surface area contributed by atoms with E-state index >= 15 is 0 Å². The first-order valence-electron chi connectivity index (χ1n) is 11.9. The maximum Gasteiger partial charge on any atom is 0.279 e. The van der Waals surface area contributed by atoms with Crippen LogP contribution in [0.3, 0.4) is 0 Å². The Hall–Kier alpha value is -3.27. The Balaban J connectivity index is 1.40. The van der Waals surface area contributed by atoms with Gasteiger partial charge in [-0.15, -0.1) is 0 Å². The summed E-state index contributed by atoms with van der Waals surface area (Å²) in [5.74, 6) is 0.367. The monoisotopic (exact) mass is 521 g/mol. The van der Waals surface area contributed by atoms with Crippen LogP contribution in [0.1, 0.15) is 35.3 Å². The van der Waals surface area contributed by atoms with Gasteiger partial charge in [-0.2, -0.15) is 9.30 Å². The van der Waals surface area contributed by atoms with E-state index < -0.39 is 15.9 Å². The first-order valence-corrected chi connectivity index (χ1v) is 14.2. The lowest BCUT2D eigenvalue weighted by molar-refractivity contribution is 0.0997. The summed E-state index contributed by atoms with van der Waals surface area (Å²) < 4.78 is 36.5. The number of ether oxygens (including phenoxy) is 1. The number of aryl methyl sites for hydroxylation is 1. The van der Waals surface area contributed by atoms with Gasteiger partial charge in [-0.1, -0.05) is 35.6 Å². The summed E-state index contributed by atoms with van der Waals surface area (Å²) in [6.07, 6.45) is 0.684. The van der Waals surface area contributed by atoms with Crippen molar-refractivity contribution in [1.82, 2.24) is 8.87 Å². The van der Waals surface area contributed by atoms with Gasteiger partial charge >= 0.3 is 0 Å². The zero-order chi connectivity index (χ0) is 25.3. The molecule has 2 heterocycles. The van der Waals surface area contributed by atoms with Gasteiger partial charge in [-0.05, 0) is 73.9 Å². The Kier molecular flexibility index (Phi) is 6.79. The molecule has 0 aliphatic carbocycles. The van der Waals surface area contributed by atoms with Crippen LogP contribution in [0.2, 0.25) is 0 Å². The Bertz CT molecular complexity index is 1600. The zero-order valence-electron chi connectivity index (χ0n) is 20.2. The molecule has 4 aromatic rings. The molecule has 1 aromatic heterocycles. The number of carbonyl (C=O) groups is 1. The van der Waals surface area contributed by atoms with Crippen molar-refractivity contribution in [3.05, 3.63) is 88.2 Å². The summed E-state index contributed by atoms with van der Waals surface area (Å²) in [6.45, 7) is 5.97. The molecule has 1 amide bonds. The Morgan fingerprint density at radius 3 is 2.50 bits per heavy atom. The number of aromatic nitrogens is 1. The highest BCUT2D eigenvalue weighted by molar-refractivity contribution is 7.89. The molecular weight excluding hydrogens is 494 g/mol. The number of sulfonamides is 1. The normalized spacial score (nSPS) is 14.7. The van der Waals surface area contributed by atoms with Crippen LogP contribution in [0, 0.1) is 0 Å². The fraction of sp³-hybridized carbons (Fsp3) is 0.259. The van der Waals surface area contributed by atoms with Crippen molar-refractivity contribution in [2.45, 2.75) is 38.3 Å². The van der Waals surface area contributed by atoms with Gasteiger partial charge in [0.25, 0.3) is 5.91 Å². The van der Waals surface area contributed by atoms with Gasteiger partial charge in [0.15, 0.2) is 4.80 Å². The molecule has 0 spiro atoms. The number of hydrogen-bond donors (Lipinski definition) is 0. The summed E-state index contributed by atoms with van der Waals surface area (Å²) >= 11 is 1.43. The molecule has 36 heavy (non-hydrogen) atoms. The van der Waals surface area contributed by atoms with E-state index in [1.807, 2.05) is 60.9 Å². The second-order valence-electron chi connectivity index (χ2n) is 8.49. The minimum Gasteiger partial charge on any atom is -0.494 e. The quantitative estimate of drug-likeness (QED) is 0.371. The molecule has 5 rings (SSSR count). The minimum atomic E-state index is -3.67. The molecule has 0 radical (unpaired) electrons. The second kappa shape index (κ2) is 10.0. The number of fused-ring (bicyclic) bond motifs is 2. The summed E-state index contributed by atoms with van der Waals surface area (Å²) in [4.78, 5) is 18.1. The standard InChI is InChI=1S/C27H27N3O4S2/c1-3-30-24-14-11-22(34-4-2)17-25(24)35-27(30)28-26(31)20-9-12-23(13-10-20)36(32,33)29-16-15-19-7-5-6-8-21(19)18-29/h5-14,17H,3-4,15-16,18H2,1-2H3. The summed E-state index contributed by atoms with van der Waals surface area (Å²) in [5, 5.41) is 0. The minimum absolute atomic E-state index is 0.173. The molecule has 1 aliphatic rings. The van der Waals surface area contributed by atoms with E-state index in [2.05, 4.69) is 4.99 Å². The number of rotatable bonds is 6. The molecule has 3 aromatic carbocycles. The lowest BCUT2D eigenvalue weighted by atomic mass is 10.0. The Labute approximate surface area is 214 Å². The second-order valence-corrected chi connectivity index (χ2v) is 11.4. The third-order valence-corrected chi connectivity index (χ3v) is 9.21. The highest BCUT2D eigenvalue weighted by Crippen LogP contribution is 2.26. The SMILES string of the molecule is CCOc1ccc2c(c1)sc(=NC(=O)c1ccc(S(=O)(=O)N3CCc4ccccc4C3)cc1)n2CC. The van der Waals surface area contributed by atoms with Crippen LogP contribution in [0.25, 0.3) is 10.2 Å². The molecule has 9 heteroatoms. The first-order chi connectivity index (χ1) is 17.4. The number of thiazole rings is 1. The fourth-order valence-electron chi connectivity index (χ4n) is 4.45. The Morgan fingerprint density at radius 2 is 1.78 bits per heavy atom. The van der Waals surface area contributed by atoms with Gasteiger partial charge in [-0.25, -0.2) is 8.42 Å². The molecular formula is C27H27N3O4S2. The molecule has 0 saturated heterocycles. The van der Waals surface area contributed by atoms with Crippen LogP contribution in [-0.2, 0) is 29.5 Å². The van der Waals surface area contributed by atoms with E-state index in [4.69, 9.17) is 4.74 Å². The predicted molar refractivity (Wildman–Crippen MR) is 141 cm³/mol. The fourth-order valence-corrected chi connectivity index (χ4v) is 6.99. The van der Waals surface area contributed by atoms with E-state index in [1.54, 1.807) is 0 Å². The van der Waals surface area contributed by atoms with Gasteiger partial charge in [0, 0.05) is 25.2 Å². The molecule has 0 unspecified atom stereocenters. The largest absolute Gasteiger partial charge is 0.494 e. The summed E-state index contributed by atoms with van der Waals surface area (Å²) in [5.41, 5.74) is 3.54. The van der Waals surface area contributed by atoms with E-state index in [1.165, 1.54) is 45.5 Å². The molecule has 0 bridgehead atoms. The molecule has 0 atom stereocenters. The van der Waals surface area contributed by atoms with Crippen molar-refractivity contribution >= 4 is 37.5 Å². The smallest absolute Gasteiger partial charge is 0.279 e. The number of carbonyl (C=O) groups excluding carboxylic acids is 1. The maximum atomic E-state index is 13.2. The average Bonchev–Trinajstić information content (AvgIpc) is 3.24. The zero-order valence-corrected chi connectivity index (χ0v) is 21.8. The van der Waals surface area contributed by atoms with Crippen LogP contribution >= 0.6 is 11.3 Å². The van der Waals surface area contributed by atoms with E-state index in [0.717, 1.165) is 21.5 Å². The van der Waals surface area contributed by atoms with Crippen LogP contribution in [0.4, 0.5) is 0 Å². The summed E-state index contributed by atoms with van der Waals surface area (Å²) in [7, 11) is -3.67. The van der Waals surface area contributed by atoms with Crippen molar-refractivity contribution in [2.24, 2.45) is 4.99 Å². The van der Waals surface area contributed by atoms with Gasteiger partial charge < -0.3 is 9.30 Å². The topological polar surface area (TPSA) is 81.0 Å². The number of nitrogens with zero attached hydrogens (tertiary/aromatic N) is 3. The van der Waals surface area contributed by atoms with E-state index in [0.29, 0.717) is 43.0 Å². The highest BCUT2D eigenvalue weighted by atomic mass is 32.2. The van der Waals surface area contributed by atoms with Crippen molar-refractivity contribution in [3.63, 3.8) is 0 Å². The van der Waals surface area contributed by atoms with Crippen molar-refractivity contribution < 1.29 is 17.9 Å². The molecule has 0 saturated carbocycles. The van der Waals surface area contributed by atoms with Crippen molar-refractivity contribution in [3.8, 4) is 5.75 Å². The molecule has 186 valence electrons. The lowest BCUT2D eigenvalue weighted by Gasteiger charge is -2.28. The molecule has 7 nitrogen and oxygen atoms in total. The van der Waals surface area contributed by atoms with Crippen molar-refractivity contribution in [2.75, 3.05) is 13.2 Å². The third kappa shape index (κ3) is 4.61. The third-order valence-electron chi connectivity index (χ3n) is 6.31. The Morgan fingerprint density at radius 1 is 1.03 bits per heavy atom. The van der Waals surface area contributed by atoms with Gasteiger partial charge in [-0.3, -0.25) is 4.79 Å². The predicted octanol–water partition coefficient (Wildman–Crippen LogP) is 4.61. The van der Waals surface area contributed by atoms with Gasteiger partial charge in [0.05, 0.1) is 21.7 Å². The number of amides is 1. The van der Waals surface area contributed by atoms with Crippen LogP contribution in [-0.4, -0.2) is 36.3 Å². The van der Waals surface area contributed by atoms with Gasteiger partial charge in [0.2, 0.25) is 10.0 Å². The van der Waals surface area contributed by atoms with Gasteiger partial charge in [0.1, 0.15) is 5.75 Å². The molecule has 1 aliphatic heterocycles. The molecule has 0 N–H and O–H groups in total. The number of benzene rings is 3. The van der Waals surface area contributed by atoms with Crippen molar-refractivity contribution in [1.29, 1.82) is 0 Å². The first kappa shape index (κ1) is 24.4. The van der Waals surface area contributed by atoms with Crippen LogP contribution in [0.15, 0.2) is 76.6 Å². The van der Waals surface area contributed by atoms with E-state index in [9.17, 15) is 13.2 Å². The van der Waals surface area contributed by atoms with Crippen LogP contribution in [0.5, 0.6) is 5.75 Å². The van der Waals surface area contributed by atoms with E-state index in [-0.39, 0.29) is 4.90 Å². The number of hydrogen-bond acceptors (Lipinski definition) is 5.